The van der Waals surface area contributed by atoms with Gasteiger partial charge in [-0.15, -0.1) is 84.9 Å². The van der Waals surface area contributed by atoms with Crippen LogP contribution in [-0.4, -0.2) is 105 Å². The Labute approximate surface area is 579 Å². The summed E-state index contributed by atoms with van der Waals surface area (Å²) < 4.78 is 0.411. The van der Waals surface area contributed by atoms with Gasteiger partial charge >= 0.3 is 23.9 Å². The molecule has 9 N–H and O–H groups in total. The Morgan fingerprint density at radius 2 is 1.02 bits per heavy atom. The number of rotatable bonds is 17. The summed E-state index contributed by atoms with van der Waals surface area (Å²) in [6.45, 7) is 0. The Hall–Kier alpha value is -5.13. The third-order valence-electron chi connectivity index (χ3n) is 11.6. The Bertz CT molecular complexity index is 3440. The van der Waals surface area contributed by atoms with E-state index in [1.165, 1.54) is 51.9 Å². The second-order valence-corrected chi connectivity index (χ2v) is 29.5. The lowest BCUT2D eigenvalue weighted by Crippen LogP contribution is -2.40. The van der Waals surface area contributed by atoms with E-state index in [1.54, 1.807) is 23.5 Å². The van der Waals surface area contributed by atoms with E-state index in [0.29, 0.717) is 21.5 Å². The van der Waals surface area contributed by atoms with E-state index in [0.717, 1.165) is 46.8 Å². The van der Waals surface area contributed by atoms with Crippen LogP contribution in [0.3, 0.4) is 0 Å². The average Bonchev–Trinajstić information content (AvgIpc) is 3.26. The molecule has 8 aromatic rings. The van der Waals surface area contributed by atoms with Crippen molar-refractivity contribution in [1.82, 2.24) is 5.32 Å². The van der Waals surface area contributed by atoms with Gasteiger partial charge < -0.3 is 31.9 Å². The molecule has 0 amide bonds. The number of hydrogen-bond acceptors (Lipinski definition) is 19. The van der Waals surface area contributed by atoms with Crippen LogP contribution in [0.5, 0.6) is 0 Å². The number of carboxylic acid groups (broad SMARTS) is 4. The van der Waals surface area contributed by atoms with Crippen LogP contribution in [0.2, 0.25) is 0 Å². The van der Waals surface area contributed by atoms with Gasteiger partial charge in [-0.05, 0) is 58.7 Å². The second-order valence-electron chi connectivity index (χ2n) is 18.3. The third kappa shape index (κ3) is 28.1. The van der Waals surface area contributed by atoms with Crippen molar-refractivity contribution in [2.75, 3.05) is 23.0 Å². The monoisotopic (exact) mass is 1410 g/mol. The van der Waals surface area contributed by atoms with Gasteiger partial charge in [-0.2, -0.15) is 13.5 Å². The van der Waals surface area contributed by atoms with Gasteiger partial charge in [-0.25, -0.2) is 4.79 Å². The van der Waals surface area contributed by atoms with E-state index >= 15 is 0 Å². The van der Waals surface area contributed by atoms with Crippen molar-refractivity contribution in [3.05, 3.63) is 270 Å². The maximum absolute atomic E-state index is 10.9. The highest BCUT2D eigenvalue weighted by Crippen LogP contribution is 2.53. The van der Waals surface area contributed by atoms with Gasteiger partial charge in [0.2, 0.25) is 0 Å². The minimum atomic E-state index is -1.00. The van der Waals surface area contributed by atoms with Crippen molar-refractivity contribution < 1.29 is 39.6 Å². The van der Waals surface area contributed by atoms with Crippen LogP contribution in [0.15, 0.2) is 262 Å². The molecule has 8 aromatic carbocycles. The minimum absolute atomic E-state index is 0. The number of thioether (sulfide) groups is 6. The van der Waals surface area contributed by atoms with Crippen LogP contribution in [0.4, 0.5) is 0 Å². The second kappa shape index (κ2) is 41.4. The van der Waals surface area contributed by atoms with Gasteiger partial charge in [0.1, 0.15) is 25.7 Å². The van der Waals surface area contributed by atoms with Crippen molar-refractivity contribution in [3.63, 3.8) is 0 Å². The Balaban J connectivity index is 0.000000233. The molecular formula is C65H66N4O8S12. The fourth-order valence-electron chi connectivity index (χ4n) is 7.02. The summed E-state index contributed by atoms with van der Waals surface area (Å²) in [6, 6.07) is 75.7. The van der Waals surface area contributed by atoms with Crippen molar-refractivity contribution in [3.8, 4) is 0 Å². The Morgan fingerprint density at radius 1 is 0.596 bits per heavy atom. The predicted molar refractivity (Wildman–Crippen MR) is 399 cm³/mol. The molecule has 2 aliphatic rings. The summed E-state index contributed by atoms with van der Waals surface area (Å²) in [6.07, 6.45) is 0. The fourth-order valence-corrected chi connectivity index (χ4v) is 15.4. The van der Waals surface area contributed by atoms with Gasteiger partial charge in [0.25, 0.3) is 0 Å². The van der Waals surface area contributed by atoms with Crippen molar-refractivity contribution in [1.29, 1.82) is 0 Å². The predicted octanol–water partition coefficient (Wildman–Crippen LogP) is 14.6. The maximum atomic E-state index is 10.9. The highest BCUT2D eigenvalue weighted by molar-refractivity contribution is 8.28. The highest BCUT2D eigenvalue weighted by atomic mass is 32.3. The number of aliphatic carboxylic acids is 4. The lowest BCUT2D eigenvalue weighted by Gasteiger charge is -2.28. The number of benzene rings is 8. The van der Waals surface area contributed by atoms with Gasteiger partial charge in [0, 0.05) is 43.3 Å². The molecule has 0 aromatic heterocycles. The van der Waals surface area contributed by atoms with E-state index in [2.05, 4.69) is 47.7 Å². The fraction of sp³-hybridized carbons (Fsp3) is 0.154. The van der Waals surface area contributed by atoms with Gasteiger partial charge in [0.15, 0.2) is 6.04 Å². The molecule has 6 unspecified atom stereocenters. The smallest absolute Gasteiger partial charge is 0.329 e. The van der Waals surface area contributed by atoms with Crippen LogP contribution in [0.1, 0.15) is 27.8 Å². The number of thiocarbonyl (C=S) groups is 2. The molecule has 89 heavy (non-hydrogen) atoms. The molecule has 2 aliphatic heterocycles. The first-order valence-electron chi connectivity index (χ1n) is 26.6. The number of aliphatic imine (C=N–C) groups is 1. The van der Waals surface area contributed by atoms with Gasteiger partial charge in [0.05, 0.1) is 13.4 Å². The van der Waals surface area contributed by atoms with Crippen LogP contribution in [-0.2, 0) is 26.8 Å². The highest BCUT2D eigenvalue weighted by Gasteiger charge is 2.40. The normalized spacial score (nSPS) is 16.4. The molecule has 24 heteroatoms. The van der Waals surface area contributed by atoms with Crippen molar-refractivity contribution in [2.45, 2.75) is 46.5 Å². The molecule has 1 fully saturated rings. The molecular weight excluding hydrogens is 1350 g/mol. The summed E-state index contributed by atoms with van der Waals surface area (Å²) in [4.78, 5) is 50.3. The molecule has 0 spiro atoms. The first kappa shape index (κ1) is 76.3. The topological polar surface area (TPSA) is 226 Å². The zero-order chi connectivity index (χ0) is 63.7. The number of carbonyl (C=O) groups is 4. The van der Waals surface area contributed by atoms with Gasteiger partial charge in [-0.1, -0.05) is 254 Å². The SMILES string of the molecule is NC(CSC(=S)c1ccccc1)C(=O)O.NC(CSC(S)(Sc1ccccc1)c1ccccc1)C(=O)O.O=C(O)C1CSC(S)(c2ccccc2)N1.O=C(O)C1CSC(c2ccccc2)=N1.S.S=C(Sc1ccccc1)c1ccccc1.Sc1ccccc1. The number of thiol groups is 3. The lowest BCUT2D eigenvalue weighted by molar-refractivity contribution is -0.139. The number of nitrogens with one attached hydrogen (secondary N) is 1. The average molecular weight is 1420 g/mol. The summed E-state index contributed by atoms with van der Waals surface area (Å²) in [7, 11) is 0. The number of nitrogens with two attached hydrogens (primary N) is 2. The molecule has 6 atom stereocenters. The summed E-state index contributed by atoms with van der Waals surface area (Å²) in [5.41, 5.74) is 16.0. The largest absolute Gasteiger partial charge is 0.480 e. The quantitative estimate of drug-likeness (QED) is 0.0177. The molecule has 0 radical (unpaired) electrons. The van der Waals surface area contributed by atoms with Crippen LogP contribution in [0.25, 0.3) is 0 Å². The zero-order valence-corrected chi connectivity index (χ0v) is 57.6. The van der Waals surface area contributed by atoms with Crippen LogP contribution >= 0.6 is 146 Å². The minimum Gasteiger partial charge on any atom is -0.480 e. The molecule has 0 aliphatic carbocycles. The number of nitrogens with zero attached hydrogens (tertiary/aromatic N) is 1. The van der Waals surface area contributed by atoms with E-state index in [-0.39, 0.29) is 19.2 Å². The molecule has 10 rings (SSSR count). The molecule has 0 bridgehead atoms. The zero-order valence-electron chi connectivity index (χ0n) is 47.4. The Morgan fingerprint density at radius 3 is 1.46 bits per heavy atom. The Kier molecular flexibility index (Phi) is 35.5. The van der Waals surface area contributed by atoms with E-state index < -0.39 is 55.7 Å². The van der Waals surface area contributed by atoms with Gasteiger partial charge in [-0.3, -0.25) is 24.7 Å². The van der Waals surface area contributed by atoms with E-state index in [4.69, 9.17) is 69.0 Å². The summed E-state index contributed by atoms with van der Waals surface area (Å²) in [5, 5.41) is 39.0. The number of hydrogen-bond donors (Lipinski definition) is 10. The summed E-state index contributed by atoms with van der Waals surface area (Å²) >= 11 is 32.9. The number of carboxylic acids is 4. The molecule has 0 saturated carbocycles. The molecule has 12 nitrogen and oxygen atoms in total. The molecule has 2 heterocycles. The van der Waals surface area contributed by atoms with Crippen molar-refractivity contribution >= 4 is 184 Å². The molecule has 1 saturated heterocycles. The first-order chi connectivity index (χ1) is 42.3. The third-order valence-corrected chi connectivity index (χ3v) is 21.8. The standard InChI is InChI=1S/C16H17NO2S3.C13H10S2.2C10H11NO2S2.C10H9NO2S.C6H6S.H2S/c17-14(15(18)19)11-21-16(20,12-7-3-1-4-8-12)22-13-9-5-2-6-10-13;14-13(11-7-3-1-4-8-11)15-12-9-5-2-6-10-12;12-9(13)8-6-15-10(14,11-8)7-4-2-1-3-5-7;11-8(9(12)13)6-15-10(14)7-4-2-1-3-5-7;12-10(13)8-6-14-9(11-8)7-4-2-1-3-5-7;7-6-4-2-1-3-5-6;/h1-10,14,20H,11,17H2,(H,18,19);1-10H;1-5,8,11,14H,6H2,(H,12,13);1-5,8H,6,11H2,(H,12,13);1-5,8H,6H2,(H,12,13);1-5,7H;1H2. The molecule has 466 valence electrons. The van der Waals surface area contributed by atoms with E-state index in [1.807, 2.05) is 231 Å². The van der Waals surface area contributed by atoms with Crippen LogP contribution < -0.4 is 16.8 Å². The maximum Gasteiger partial charge on any atom is 0.329 e. The van der Waals surface area contributed by atoms with Crippen molar-refractivity contribution in [2.24, 2.45) is 16.5 Å². The first-order valence-corrected chi connectivity index (χ1v) is 34.3. The van der Waals surface area contributed by atoms with Crippen LogP contribution in [0, 0.1) is 0 Å². The lowest BCUT2D eigenvalue weighted by atomic mass is 10.2. The summed E-state index contributed by atoms with van der Waals surface area (Å²) in [5.74, 6) is -2.01. The van der Waals surface area contributed by atoms with E-state index in [9.17, 15) is 19.2 Å².